The molecule has 0 aromatic rings. The molecule has 0 spiro atoms. The Labute approximate surface area is 68.2 Å². The third-order valence-corrected chi connectivity index (χ3v) is 2.83. The van der Waals surface area contributed by atoms with Crippen LogP contribution in [0.5, 0.6) is 0 Å². The largest absolute Gasteiger partial charge is 0.330 e. The average Bonchev–Trinajstić information content (AvgIpc) is 1.94. The Morgan fingerprint density at radius 3 is 2.82 bits per heavy atom. The van der Waals surface area contributed by atoms with Crippen LogP contribution in [0.1, 0.15) is 39.0 Å². The van der Waals surface area contributed by atoms with Gasteiger partial charge in [-0.3, -0.25) is 0 Å². The van der Waals surface area contributed by atoms with Crippen molar-refractivity contribution in [2.75, 3.05) is 6.54 Å². The van der Waals surface area contributed by atoms with Crippen LogP contribution in [0.2, 0.25) is 0 Å². The molecule has 0 aromatic heterocycles. The second kappa shape index (κ2) is 3.53. The van der Waals surface area contributed by atoms with Crippen molar-refractivity contribution in [3.8, 4) is 0 Å². The van der Waals surface area contributed by atoms with Crippen LogP contribution in [0.3, 0.4) is 0 Å². The maximum absolute atomic E-state index is 13.7. The summed E-state index contributed by atoms with van der Waals surface area (Å²) in [5, 5.41) is 0. The van der Waals surface area contributed by atoms with Gasteiger partial charge in [0, 0.05) is 0 Å². The van der Waals surface area contributed by atoms with Crippen molar-refractivity contribution in [2.45, 2.75) is 44.7 Å². The minimum absolute atomic E-state index is 0.223. The van der Waals surface area contributed by atoms with Crippen molar-refractivity contribution in [2.24, 2.45) is 11.7 Å². The fraction of sp³-hybridized carbons (Fsp3) is 1.00. The molecule has 0 heterocycles. The molecule has 0 bridgehead atoms. The predicted molar refractivity (Wildman–Crippen MR) is 45.1 cm³/mol. The maximum Gasteiger partial charge on any atom is 0.111 e. The lowest BCUT2D eigenvalue weighted by Gasteiger charge is -2.34. The highest BCUT2D eigenvalue weighted by atomic mass is 19.1. The van der Waals surface area contributed by atoms with Crippen LogP contribution in [-0.2, 0) is 0 Å². The molecular formula is C9H18FN. The molecule has 66 valence electrons. The lowest BCUT2D eigenvalue weighted by molar-refractivity contribution is 0.0531. The van der Waals surface area contributed by atoms with Crippen LogP contribution >= 0.6 is 0 Å². The summed E-state index contributed by atoms with van der Waals surface area (Å²) in [5.74, 6) is 0.223. The maximum atomic E-state index is 13.7. The van der Waals surface area contributed by atoms with Gasteiger partial charge in [0.25, 0.3) is 0 Å². The molecule has 0 amide bonds. The van der Waals surface area contributed by atoms with Crippen molar-refractivity contribution in [1.29, 1.82) is 0 Å². The first kappa shape index (κ1) is 8.98. The normalized spacial score (nSPS) is 39.0. The zero-order valence-corrected chi connectivity index (χ0v) is 7.28. The highest BCUT2D eigenvalue weighted by Crippen LogP contribution is 2.38. The molecule has 2 heteroatoms. The zero-order valence-electron chi connectivity index (χ0n) is 7.28. The van der Waals surface area contributed by atoms with Gasteiger partial charge >= 0.3 is 0 Å². The molecule has 1 aliphatic rings. The Morgan fingerprint density at radius 2 is 2.27 bits per heavy atom. The lowest BCUT2D eigenvalue weighted by atomic mass is 9.76. The molecular weight excluding hydrogens is 141 g/mol. The summed E-state index contributed by atoms with van der Waals surface area (Å²) in [7, 11) is 0. The molecule has 1 fully saturated rings. The van der Waals surface area contributed by atoms with Crippen LogP contribution in [0, 0.1) is 5.92 Å². The molecule has 0 saturated heterocycles. The van der Waals surface area contributed by atoms with Crippen molar-refractivity contribution in [1.82, 2.24) is 0 Å². The van der Waals surface area contributed by atoms with Gasteiger partial charge in [0.2, 0.25) is 0 Å². The molecule has 2 unspecified atom stereocenters. The van der Waals surface area contributed by atoms with Gasteiger partial charge < -0.3 is 5.73 Å². The summed E-state index contributed by atoms with van der Waals surface area (Å²) < 4.78 is 13.7. The molecule has 2 atom stereocenters. The Balaban J connectivity index is 2.45. The van der Waals surface area contributed by atoms with Crippen LogP contribution in [0.4, 0.5) is 4.39 Å². The molecule has 11 heavy (non-hydrogen) atoms. The second-order valence-electron chi connectivity index (χ2n) is 3.80. The summed E-state index contributed by atoms with van der Waals surface area (Å²) >= 11 is 0. The van der Waals surface area contributed by atoms with E-state index in [1.165, 1.54) is 6.42 Å². The van der Waals surface area contributed by atoms with E-state index in [9.17, 15) is 4.39 Å². The van der Waals surface area contributed by atoms with E-state index in [4.69, 9.17) is 5.73 Å². The predicted octanol–water partition coefficient (Wildman–Crippen LogP) is 2.25. The molecule has 1 nitrogen and oxygen atoms in total. The summed E-state index contributed by atoms with van der Waals surface area (Å²) in [5.41, 5.74) is 4.48. The fourth-order valence-electron chi connectivity index (χ4n) is 2.01. The van der Waals surface area contributed by atoms with Gasteiger partial charge in [0.1, 0.15) is 5.67 Å². The SMILES string of the molecule is CC1(F)CCCCC1CCN. The molecule has 1 aliphatic carbocycles. The van der Waals surface area contributed by atoms with Crippen molar-refractivity contribution < 1.29 is 4.39 Å². The van der Waals surface area contributed by atoms with E-state index in [1.54, 1.807) is 6.92 Å². The third kappa shape index (κ3) is 2.16. The number of hydrogen-bond acceptors (Lipinski definition) is 1. The number of hydrogen-bond donors (Lipinski definition) is 1. The van der Waals surface area contributed by atoms with Crippen LogP contribution in [0.25, 0.3) is 0 Å². The molecule has 0 radical (unpaired) electrons. The van der Waals surface area contributed by atoms with E-state index < -0.39 is 5.67 Å². The minimum atomic E-state index is -0.933. The molecule has 0 aromatic carbocycles. The van der Waals surface area contributed by atoms with Gasteiger partial charge in [0.15, 0.2) is 0 Å². The summed E-state index contributed by atoms with van der Waals surface area (Å²) in [4.78, 5) is 0. The Bertz CT molecular complexity index is 121. The van der Waals surface area contributed by atoms with Gasteiger partial charge in [-0.05, 0) is 38.6 Å². The first-order valence-electron chi connectivity index (χ1n) is 4.56. The van der Waals surface area contributed by atoms with Crippen molar-refractivity contribution >= 4 is 0 Å². The summed E-state index contributed by atoms with van der Waals surface area (Å²) in [6.45, 7) is 2.36. The van der Waals surface area contributed by atoms with Gasteiger partial charge in [-0.15, -0.1) is 0 Å². The first-order chi connectivity index (χ1) is 5.17. The van der Waals surface area contributed by atoms with E-state index >= 15 is 0 Å². The van der Waals surface area contributed by atoms with E-state index in [0.29, 0.717) is 6.54 Å². The van der Waals surface area contributed by atoms with Gasteiger partial charge in [0.05, 0.1) is 0 Å². The van der Waals surface area contributed by atoms with Gasteiger partial charge in [-0.25, -0.2) is 4.39 Å². The van der Waals surface area contributed by atoms with E-state index in [2.05, 4.69) is 0 Å². The quantitative estimate of drug-likeness (QED) is 0.657. The van der Waals surface area contributed by atoms with Crippen molar-refractivity contribution in [3.05, 3.63) is 0 Å². The van der Waals surface area contributed by atoms with Gasteiger partial charge in [-0.2, -0.15) is 0 Å². The molecule has 1 rings (SSSR count). The topological polar surface area (TPSA) is 26.0 Å². The zero-order chi connectivity index (χ0) is 8.32. The molecule has 0 aliphatic heterocycles. The highest BCUT2D eigenvalue weighted by molar-refractivity contribution is 4.86. The fourth-order valence-corrected chi connectivity index (χ4v) is 2.01. The number of alkyl halides is 1. The van der Waals surface area contributed by atoms with E-state index in [-0.39, 0.29) is 5.92 Å². The Morgan fingerprint density at radius 1 is 1.55 bits per heavy atom. The third-order valence-electron chi connectivity index (χ3n) is 2.83. The van der Waals surface area contributed by atoms with Crippen LogP contribution in [-0.4, -0.2) is 12.2 Å². The second-order valence-corrected chi connectivity index (χ2v) is 3.80. The molecule has 2 N–H and O–H groups in total. The van der Waals surface area contributed by atoms with Crippen LogP contribution in [0.15, 0.2) is 0 Å². The number of halogens is 1. The van der Waals surface area contributed by atoms with E-state index in [0.717, 1.165) is 25.7 Å². The molecule has 1 saturated carbocycles. The standard InChI is InChI=1S/C9H18FN/c1-9(10)6-3-2-4-8(9)5-7-11/h8H,2-7,11H2,1H3. The van der Waals surface area contributed by atoms with E-state index in [1.807, 2.05) is 0 Å². The monoisotopic (exact) mass is 159 g/mol. The van der Waals surface area contributed by atoms with Crippen molar-refractivity contribution in [3.63, 3.8) is 0 Å². The smallest absolute Gasteiger partial charge is 0.111 e. The Kier molecular flexibility index (Phi) is 2.88. The highest BCUT2D eigenvalue weighted by Gasteiger charge is 2.35. The summed E-state index contributed by atoms with van der Waals surface area (Å²) in [6.07, 6.45) is 4.85. The number of rotatable bonds is 2. The number of nitrogens with two attached hydrogens (primary N) is 1. The van der Waals surface area contributed by atoms with Crippen LogP contribution < -0.4 is 5.73 Å². The Hall–Kier alpha value is -0.110. The first-order valence-corrected chi connectivity index (χ1v) is 4.56. The minimum Gasteiger partial charge on any atom is -0.330 e. The van der Waals surface area contributed by atoms with Gasteiger partial charge in [-0.1, -0.05) is 12.8 Å². The lowest BCUT2D eigenvalue weighted by Crippen LogP contribution is -2.34. The average molecular weight is 159 g/mol. The summed E-state index contributed by atoms with van der Waals surface area (Å²) in [6, 6.07) is 0.